The largest absolute Gasteiger partial charge is 0.367 e. The SMILES string of the molecule is c1cc2ncnc(NC3CC3)c2cn1. The Kier molecular flexibility index (Phi) is 1.59. The van der Waals surface area contributed by atoms with Gasteiger partial charge >= 0.3 is 0 Å². The summed E-state index contributed by atoms with van der Waals surface area (Å²) in [5.41, 5.74) is 0.943. The number of hydrogen-bond acceptors (Lipinski definition) is 4. The number of anilines is 1. The summed E-state index contributed by atoms with van der Waals surface area (Å²) in [5.74, 6) is 0.908. The Morgan fingerprint density at radius 1 is 1.29 bits per heavy atom. The molecular weight excluding hydrogens is 176 g/mol. The Hall–Kier alpha value is -1.71. The molecule has 1 fully saturated rings. The second kappa shape index (κ2) is 2.90. The lowest BCUT2D eigenvalue weighted by Crippen LogP contribution is -2.04. The van der Waals surface area contributed by atoms with Crippen LogP contribution in [0.2, 0.25) is 0 Å². The average Bonchev–Trinajstić information content (AvgIpc) is 3.03. The van der Waals surface area contributed by atoms with Crippen molar-refractivity contribution in [3.05, 3.63) is 24.8 Å². The molecule has 0 spiro atoms. The lowest BCUT2D eigenvalue weighted by molar-refractivity contribution is 1.10. The molecule has 4 nitrogen and oxygen atoms in total. The fourth-order valence-corrected chi connectivity index (χ4v) is 1.44. The number of pyridine rings is 1. The molecule has 1 saturated carbocycles. The monoisotopic (exact) mass is 186 g/mol. The summed E-state index contributed by atoms with van der Waals surface area (Å²) in [7, 11) is 0. The summed E-state index contributed by atoms with van der Waals surface area (Å²) in [4.78, 5) is 12.5. The van der Waals surface area contributed by atoms with Crippen LogP contribution < -0.4 is 5.32 Å². The standard InChI is InChI=1S/C10H10N4/c1-2-7(1)14-10-8-5-11-4-3-9(8)12-6-13-10/h3-7H,1-2H2,(H,12,13,14). The second-order valence-electron chi connectivity index (χ2n) is 3.53. The Morgan fingerprint density at radius 3 is 3.07 bits per heavy atom. The van der Waals surface area contributed by atoms with Gasteiger partial charge in [-0.2, -0.15) is 0 Å². The Bertz CT molecular complexity index is 459. The third-order valence-corrected chi connectivity index (χ3v) is 2.36. The van der Waals surface area contributed by atoms with Crippen molar-refractivity contribution in [3.8, 4) is 0 Å². The molecule has 0 bridgehead atoms. The van der Waals surface area contributed by atoms with Crippen LogP contribution >= 0.6 is 0 Å². The van der Waals surface area contributed by atoms with E-state index in [1.165, 1.54) is 12.8 Å². The second-order valence-corrected chi connectivity index (χ2v) is 3.53. The molecule has 1 aliphatic carbocycles. The van der Waals surface area contributed by atoms with Crippen LogP contribution in [0.3, 0.4) is 0 Å². The summed E-state index contributed by atoms with van der Waals surface area (Å²) in [5, 5.41) is 4.37. The van der Waals surface area contributed by atoms with Gasteiger partial charge in [-0.3, -0.25) is 4.98 Å². The Labute approximate surface area is 81.4 Å². The lowest BCUT2D eigenvalue weighted by Gasteiger charge is -2.05. The molecule has 0 atom stereocenters. The van der Waals surface area contributed by atoms with E-state index in [-0.39, 0.29) is 0 Å². The van der Waals surface area contributed by atoms with Crippen molar-refractivity contribution in [1.29, 1.82) is 0 Å². The minimum atomic E-state index is 0.605. The molecule has 14 heavy (non-hydrogen) atoms. The van der Waals surface area contributed by atoms with Crippen molar-refractivity contribution in [1.82, 2.24) is 15.0 Å². The molecule has 0 aliphatic heterocycles. The van der Waals surface area contributed by atoms with Gasteiger partial charge in [0.05, 0.1) is 10.9 Å². The highest BCUT2D eigenvalue weighted by atomic mass is 15.1. The van der Waals surface area contributed by atoms with Gasteiger partial charge in [-0.15, -0.1) is 0 Å². The van der Waals surface area contributed by atoms with E-state index in [1.807, 2.05) is 6.07 Å². The smallest absolute Gasteiger partial charge is 0.139 e. The van der Waals surface area contributed by atoms with Crippen LogP contribution in [0.1, 0.15) is 12.8 Å². The van der Waals surface area contributed by atoms with Crippen molar-refractivity contribution >= 4 is 16.7 Å². The number of nitrogens with one attached hydrogen (secondary N) is 1. The van der Waals surface area contributed by atoms with Gasteiger partial charge in [0, 0.05) is 18.4 Å². The number of rotatable bonds is 2. The van der Waals surface area contributed by atoms with Crippen molar-refractivity contribution in [3.63, 3.8) is 0 Å². The molecular formula is C10H10N4. The molecule has 1 aliphatic rings. The molecule has 1 N–H and O–H groups in total. The van der Waals surface area contributed by atoms with Gasteiger partial charge in [0.2, 0.25) is 0 Å². The fraction of sp³-hybridized carbons (Fsp3) is 0.300. The van der Waals surface area contributed by atoms with Gasteiger partial charge < -0.3 is 5.32 Å². The zero-order valence-corrected chi connectivity index (χ0v) is 7.64. The van der Waals surface area contributed by atoms with Gasteiger partial charge in [-0.05, 0) is 18.9 Å². The van der Waals surface area contributed by atoms with Crippen LogP contribution in [0.5, 0.6) is 0 Å². The molecule has 2 aromatic rings. The molecule has 2 aromatic heterocycles. The van der Waals surface area contributed by atoms with Gasteiger partial charge in [-0.25, -0.2) is 9.97 Å². The van der Waals surface area contributed by atoms with Crippen LogP contribution in [-0.4, -0.2) is 21.0 Å². The van der Waals surface area contributed by atoms with Crippen molar-refractivity contribution < 1.29 is 0 Å². The minimum Gasteiger partial charge on any atom is -0.367 e. The van der Waals surface area contributed by atoms with Gasteiger partial charge in [0.15, 0.2) is 0 Å². The van der Waals surface area contributed by atoms with Gasteiger partial charge in [0.25, 0.3) is 0 Å². The van der Waals surface area contributed by atoms with Crippen molar-refractivity contribution in [2.24, 2.45) is 0 Å². The van der Waals surface area contributed by atoms with Crippen LogP contribution in [0.4, 0.5) is 5.82 Å². The van der Waals surface area contributed by atoms with Crippen LogP contribution in [0.15, 0.2) is 24.8 Å². The zero-order valence-electron chi connectivity index (χ0n) is 7.64. The molecule has 0 aromatic carbocycles. The average molecular weight is 186 g/mol. The first-order valence-corrected chi connectivity index (χ1v) is 4.75. The third kappa shape index (κ3) is 1.28. The highest BCUT2D eigenvalue weighted by Gasteiger charge is 2.22. The van der Waals surface area contributed by atoms with E-state index < -0.39 is 0 Å². The fourth-order valence-electron chi connectivity index (χ4n) is 1.44. The van der Waals surface area contributed by atoms with Crippen LogP contribution in [0.25, 0.3) is 10.9 Å². The van der Waals surface area contributed by atoms with E-state index in [0.29, 0.717) is 6.04 Å². The maximum Gasteiger partial charge on any atom is 0.139 e. The molecule has 70 valence electrons. The third-order valence-electron chi connectivity index (χ3n) is 2.36. The maximum absolute atomic E-state index is 4.22. The molecule has 0 saturated heterocycles. The number of hydrogen-bond donors (Lipinski definition) is 1. The van der Waals surface area contributed by atoms with E-state index >= 15 is 0 Å². The van der Waals surface area contributed by atoms with Crippen LogP contribution in [-0.2, 0) is 0 Å². The summed E-state index contributed by atoms with van der Waals surface area (Å²) in [6, 6.07) is 2.50. The Morgan fingerprint density at radius 2 is 2.21 bits per heavy atom. The first-order valence-electron chi connectivity index (χ1n) is 4.75. The van der Waals surface area contributed by atoms with Crippen molar-refractivity contribution in [2.75, 3.05) is 5.32 Å². The normalized spacial score (nSPS) is 15.7. The van der Waals surface area contributed by atoms with E-state index in [1.54, 1.807) is 18.7 Å². The summed E-state index contributed by atoms with van der Waals surface area (Å²) < 4.78 is 0. The van der Waals surface area contributed by atoms with Gasteiger partial charge in [0.1, 0.15) is 12.1 Å². The minimum absolute atomic E-state index is 0.605. The Balaban J connectivity index is 2.11. The van der Waals surface area contributed by atoms with Gasteiger partial charge in [-0.1, -0.05) is 0 Å². The molecule has 0 amide bonds. The summed E-state index contributed by atoms with van der Waals surface area (Å²) in [6.07, 6.45) is 7.63. The number of fused-ring (bicyclic) bond motifs is 1. The highest BCUT2D eigenvalue weighted by Crippen LogP contribution is 2.26. The maximum atomic E-state index is 4.22. The topological polar surface area (TPSA) is 50.7 Å². The molecule has 4 heteroatoms. The van der Waals surface area contributed by atoms with E-state index in [4.69, 9.17) is 0 Å². The number of aromatic nitrogens is 3. The van der Waals surface area contributed by atoms with E-state index in [0.717, 1.165) is 16.7 Å². The predicted octanol–water partition coefficient (Wildman–Crippen LogP) is 1.60. The first kappa shape index (κ1) is 7.67. The molecule has 0 radical (unpaired) electrons. The predicted molar refractivity (Wildman–Crippen MR) is 54.0 cm³/mol. The summed E-state index contributed by atoms with van der Waals surface area (Å²) in [6.45, 7) is 0. The number of nitrogens with zero attached hydrogens (tertiary/aromatic N) is 3. The van der Waals surface area contributed by atoms with E-state index in [2.05, 4.69) is 20.3 Å². The highest BCUT2D eigenvalue weighted by molar-refractivity contribution is 5.87. The quantitative estimate of drug-likeness (QED) is 0.774. The molecule has 0 unspecified atom stereocenters. The van der Waals surface area contributed by atoms with Crippen molar-refractivity contribution in [2.45, 2.75) is 18.9 Å². The lowest BCUT2D eigenvalue weighted by atomic mass is 10.3. The van der Waals surface area contributed by atoms with Crippen LogP contribution in [0, 0.1) is 0 Å². The van der Waals surface area contributed by atoms with E-state index in [9.17, 15) is 0 Å². The summed E-state index contributed by atoms with van der Waals surface area (Å²) >= 11 is 0. The zero-order chi connectivity index (χ0) is 9.38. The first-order chi connectivity index (χ1) is 6.93. The molecule has 2 heterocycles. The molecule has 3 rings (SSSR count).